The number of hydrogen-bond acceptors (Lipinski definition) is 11. The average Bonchev–Trinajstić information content (AvgIpc) is 3.25. The predicted octanol–water partition coefficient (Wildman–Crippen LogP) is 6.76. The van der Waals surface area contributed by atoms with Crippen LogP contribution in [0.3, 0.4) is 0 Å². The number of carbonyl (C=O) groups is 7. The number of benzene rings is 1. The molecule has 3 aliphatic rings. The van der Waals surface area contributed by atoms with Crippen molar-refractivity contribution in [3.8, 4) is 0 Å². The van der Waals surface area contributed by atoms with Crippen molar-refractivity contribution >= 4 is 41.5 Å². The van der Waals surface area contributed by atoms with Crippen LogP contribution in [-0.2, 0) is 44.8 Å². The predicted molar refractivity (Wildman–Crippen MR) is 288 cm³/mol. The van der Waals surface area contributed by atoms with Gasteiger partial charge in [0.05, 0.1) is 57.2 Å². The molecule has 75 heavy (non-hydrogen) atoms. The van der Waals surface area contributed by atoms with E-state index in [4.69, 9.17) is 14.6 Å². The summed E-state index contributed by atoms with van der Waals surface area (Å²) in [7, 11) is 0. The summed E-state index contributed by atoms with van der Waals surface area (Å²) >= 11 is 0. The van der Waals surface area contributed by atoms with Crippen molar-refractivity contribution in [1.29, 1.82) is 0 Å². The molecule has 0 aromatic heterocycles. The summed E-state index contributed by atoms with van der Waals surface area (Å²) in [6, 6.07) is 8.74. The van der Waals surface area contributed by atoms with E-state index in [2.05, 4.69) is 94.2 Å². The molecule has 19 heteroatoms. The standard InChI is InChI=1S/C24H37N3O4.C16H30N2O3.C13H27NO2.C3H5NO2.Ac/c1-16(2)12-19(26-22(29)17(3)24(4,5)6)15-31-21-13-20(28)27(21)23(30)25-14-18-10-8-7-9-11-18;1-10(2)7-12(9-21-14-8-13(19)18-14)17-15(20)11(3)16(4,5)6;1-9(2)7-11(8-15)14-12(16)10(3)13(4,5)6;5-2-1-3(6)4-2;/h7-11,16-17,19,21H,12-15H2,1-6H3,(H,25,30)(H,26,29);10-12,14H,7-9H2,1-6H3,(H,17,20)(H,18,19);9-11,15H,7-8H2,1-6H3,(H,14,16);2,5H,1H2,(H,4,6);/t17-,19+,21?;11-,12+,14?;10-,11+;;/m111../s1. The van der Waals surface area contributed by atoms with Gasteiger partial charge in [-0.25, -0.2) is 9.69 Å². The van der Waals surface area contributed by atoms with Gasteiger partial charge in [0.25, 0.3) is 0 Å². The van der Waals surface area contributed by atoms with Gasteiger partial charge in [0.1, 0.15) is 18.7 Å². The molecule has 9 atom stereocenters. The third-order valence-corrected chi connectivity index (χ3v) is 13.4. The Morgan fingerprint density at radius 1 is 0.613 bits per heavy atom. The zero-order valence-electron chi connectivity index (χ0n) is 49.0. The fraction of sp³-hybridized carbons (Fsp3) is 0.768. The summed E-state index contributed by atoms with van der Waals surface area (Å²) in [6.07, 6.45) is 1.95. The van der Waals surface area contributed by atoms with Crippen LogP contribution in [-0.4, -0.2) is 113 Å². The molecule has 3 aliphatic heterocycles. The van der Waals surface area contributed by atoms with Crippen LogP contribution in [0.2, 0.25) is 0 Å². The second-order valence-electron chi connectivity index (χ2n) is 24.7. The molecule has 0 saturated carbocycles. The minimum absolute atomic E-state index is 0. The van der Waals surface area contributed by atoms with Crippen molar-refractivity contribution in [2.24, 2.45) is 51.8 Å². The Balaban J connectivity index is 0.00000108. The number of amides is 8. The quantitative estimate of drug-likeness (QED) is 0.0597. The van der Waals surface area contributed by atoms with Gasteiger partial charge in [0, 0.05) is 68.4 Å². The zero-order chi connectivity index (χ0) is 56.9. The van der Waals surface area contributed by atoms with Gasteiger partial charge >= 0.3 is 6.03 Å². The van der Waals surface area contributed by atoms with Gasteiger partial charge in [-0.05, 0) is 58.8 Å². The first kappa shape index (κ1) is 71.8. The van der Waals surface area contributed by atoms with Gasteiger partial charge in [0.15, 0.2) is 0 Å². The van der Waals surface area contributed by atoms with E-state index in [1.54, 1.807) is 0 Å². The summed E-state index contributed by atoms with van der Waals surface area (Å²) in [5, 5.41) is 34.2. The molecule has 3 unspecified atom stereocenters. The number of imide groups is 1. The van der Waals surface area contributed by atoms with E-state index < -0.39 is 18.5 Å². The normalized spacial score (nSPS) is 19.5. The smallest absolute Gasteiger partial charge is 0.326 e. The molecule has 427 valence electrons. The third-order valence-electron chi connectivity index (χ3n) is 13.4. The Hall–Kier alpha value is -3.21. The van der Waals surface area contributed by atoms with Gasteiger partial charge in [-0.1, -0.05) is 155 Å². The number of aliphatic hydroxyl groups is 2. The van der Waals surface area contributed by atoms with Gasteiger partial charge in [-0.15, -0.1) is 0 Å². The average molecular weight is 1270 g/mol. The third kappa shape index (κ3) is 28.8. The zero-order valence-corrected chi connectivity index (χ0v) is 53.7. The van der Waals surface area contributed by atoms with Crippen LogP contribution >= 0.6 is 0 Å². The Labute approximate surface area is 486 Å². The Kier molecular flexibility index (Phi) is 32.5. The fourth-order valence-corrected chi connectivity index (χ4v) is 7.23. The van der Waals surface area contributed by atoms with Crippen LogP contribution < -0.4 is 31.9 Å². The maximum Gasteiger partial charge on any atom is 0.326 e. The number of rotatable bonds is 21. The molecule has 18 nitrogen and oxygen atoms in total. The molecule has 8 amide bonds. The molecule has 3 saturated heterocycles. The monoisotopic (exact) mass is 1270 g/mol. The van der Waals surface area contributed by atoms with E-state index in [-0.39, 0.29) is 164 Å². The minimum atomic E-state index is -0.602. The van der Waals surface area contributed by atoms with Crippen molar-refractivity contribution in [3.05, 3.63) is 35.9 Å². The van der Waals surface area contributed by atoms with Gasteiger partial charge in [-0.2, -0.15) is 0 Å². The maximum absolute atomic E-state index is 12.7. The number of ether oxygens (including phenoxy) is 2. The molecule has 0 spiro atoms. The SMILES string of the molecule is CC(C)C[C@@H](CO)NC(=O)[C@@H](C)C(C)(C)C.CC(C)C[C@@H](COC1CC(=O)N1)NC(=O)[C@@H](C)C(C)(C)C.CC(C)C[C@@H](COC1CC(=O)N1C(=O)NCc1ccccc1)NC(=O)[C@@H](C)C(C)(C)C.O=C1CC(O)N1.[Ac]. The number of likely N-dealkylation sites (tertiary alicyclic amines) is 1. The van der Waals surface area contributed by atoms with Crippen LogP contribution in [0.15, 0.2) is 30.3 Å². The number of hydrogen-bond donors (Lipinski definition) is 8. The molecule has 1 aromatic rings. The largest absolute Gasteiger partial charge is 0.394 e. The molecule has 0 aliphatic carbocycles. The number of carbonyl (C=O) groups excluding carboxylic acids is 7. The summed E-state index contributed by atoms with van der Waals surface area (Å²) in [4.78, 5) is 83.2. The molecule has 0 bridgehead atoms. The Morgan fingerprint density at radius 3 is 1.31 bits per heavy atom. The van der Waals surface area contributed by atoms with Crippen LogP contribution in [0.5, 0.6) is 0 Å². The first-order valence-electron chi connectivity index (χ1n) is 26.7. The molecule has 1 aromatic carbocycles. The van der Waals surface area contributed by atoms with Crippen LogP contribution in [0, 0.1) is 95.8 Å². The van der Waals surface area contributed by atoms with E-state index in [1.165, 1.54) is 0 Å². The Morgan fingerprint density at radius 2 is 0.987 bits per heavy atom. The first-order valence-corrected chi connectivity index (χ1v) is 26.7. The summed E-state index contributed by atoms with van der Waals surface area (Å²) in [6.45, 7) is 37.9. The number of nitrogens with one attached hydrogen (secondary N) is 6. The van der Waals surface area contributed by atoms with E-state index in [0.717, 1.165) is 29.7 Å². The van der Waals surface area contributed by atoms with E-state index in [1.807, 2.05) is 92.6 Å². The molecular weight excluding hydrogens is 1170 g/mol. The topological polar surface area (TPSA) is 254 Å². The molecule has 8 N–H and O–H groups in total. The van der Waals surface area contributed by atoms with E-state index >= 15 is 0 Å². The number of β-lactam (4-membered cyclic amide) rings is 3. The van der Waals surface area contributed by atoms with Gasteiger partial charge < -0.3 is 51.6 Å². The van der Waals surface area contributed by atoms with Crippen molar-refractivity contribution in [2.75, 3.05) is 19.8 Å². The summed E-state index contributed by atoms with van der Waals surface area (Å²) in [5.74, 6) is 0.839. The fourth-order valence-electron chi connectivity index (χ4n) is 7.23. The molecular formula is C56H99AcN7O11. The van der Waals surface area contributed by atoms with Crippen molar-refractivity contribution < 1.29 is 97.3 Å². The number of urea groups is 1. The second-order valence-corrected chi connectivity index (χ2v) is 24.7. The maximum atomic E-state index is 12.7. The van der Waals surface area contributed by atoms with Crippen molar-refractivity contribution in [1.82, 2.24) is 36.8 Å². The van der Waals surface area contributed by atoms with Crippen LogP contribution in [0.4, 0.5) is 4.79 Å². The van der Waals surface area contributed by atoms with Crippen LogP contribution in [0.25, 0.3) is 0 Å². The Bertz CT molecular complexity index is 1900. The molecule has 3 heterocycles. The number of nitrogens with zero attached hydrogens (tertiary/aromatic N) is 1. The molecule has 1 radical (unpaired) electrons. The minimum Gasteiger partial charge on any atom is -0.394 e. The first-order chi connectivity index (χ1) is 34.0. The molecule has 4 rings (SSSR count). The molecule has 3 fully saturated rings. The second kappa shape index (κ2) is 33.9. The van der Waals surface area contributed by atoms with E-state index in [9.17, 15) is 38.7 Å². The van der Waals surface area contributed by atoms with Gasteiger partial charge in [-0.3, -0.25) is 28.8 Å². The van der Waals surface area contributed by atoms with Crippen molar-refractivity contribution in [2.45, 2.75) is 207 Å². The number of aliphatic hydroxyl groups excluding tert-OH is 2. The van der Waals surface area contributed by atoms with E-state index in [0.29, 0.717) is 37.3 Å². The van der Waals surface area contributed by atoms with Gasteiger partial charge in [0.2, 0.25) is 35.4 Å². The van der Waals surface area contributed by atoms with Crippen LogP contribution in [0.1, 0.15) is 169 Å². The summed E-state index contributed by atoms with van der Waals surface area (Å²) < 4.78 is 11.5. The van der Waals surface area contributed by atoms with Crippen molar-refractivity contribution in [3.63, 3.8) is 0 Å². The summed E-state index contributed by atoms with van der Waals surface area (Å²) in [5.41, 5.74) is 0.715.